The average Bonchev–Trinajstić information content (AvgIpc) is 3.25. The third-order valence-electron chi connectivity index (χ3n) is 6.37. The zero-order valence-corrected chi connectivity index (χ0v) is 19.4. The molecule has 0 spiro atoms. The molecule has 182 valence electrons. The molecule has 0 radical (unpaired) electrons. The molecule has 1 aromatic carbocycles. The molecule has 7 nitrogen and oxygen atoms in total. The van der Waals surface area contributed by atoms with Gasteiger partial charge in [-0.05, 0) is 56.8 Å². The fraction of sp³-hybridized carbons (Fsp3) is 0.591. The number of fused-ring (bicyclic) bond motifs is 1. The minimum Gasteiger partial charge on any atom is -0.465 e. The number of carbonyl (C=O) groups excluding carboxylic acids is 2. The zero-order chi connectivity index (χ0) is 24.7. The molecule has 2 saturated heterocycles. The van der Waals surface area contributed by atoms with Crippen LogP contribution in [-0.4, -0.2) is 74.4 Å². The minimum atomic E-state index is -1.35. The summed E-state index contributed by atoms with van der Waals surface area (Å²) in [7, 11) is 0. The van der Waals surface area contributed by atoms with Gasteiger partial charge in [-0.15, -0.1) is 0 Å². The van der Waals surface area contributed by atoms with Gasteiger partial charge in [0.25, 0.3) is 0 Å². The number of halogens is 4. The first kappa shape index (κ1) is 25.1. The number of amides is 3. The first-order chi connectivity index (χ1) is 15.3. The third-order valence-corrected chi connectivity index (χ3v) is 6.60. The molecular weight excluding hydrogens is 463 g/mol. The summed E-state index contributed by atoms with van der Waals surface area (Å²) in [6, 6.07) is -0.153. The maximum atomic E-state index is 14.4. The van der Waals surface area contributed by atoms with Crippen molar-refractivity contribution >= 4 is 29.0 Å². The summed E-state index contributed by atoms with van der Waals surface area (Å²) in [5.74, 6) is -3.89. The summed E-state index contributed by atoms with van der Waals surface area (Å²) >= 11 is 5.58. The molecule has 0 bridgehead atoms. The number of rotatable bonds is 5. The van der Waals surface area contributed by atoms with Gasteiger partial charge in [-0.3, -0.25) is 14.5 Å². The highest BCUT2D eigenvalue weighted by molar-refractivity contribution is 6.62. The van der Waals surface area contributed by atoms with E-state index >= 15 is 0 Å². The molecule has 2 aliphatic rings. The lowest BCUT2D eigenvalue weighted by Gasteiger charge is -2.40. The van der Waals surface area contributed by atoms with Crippen LogP contribution in [0, 0.1) is 23.4 Å². The number of carbonyl (C=O) groups is 3. The van der Waals surface area contributed by atoms with Crippen molar-refractivity contribution in [3.63, 3.8) is 0 Å². The monoisotopic (exact) mass is 489 g/mol. The van der Waals surface area contributed by atoms with E-state index in [2.05, 4.69) is 0 Å². The van der Waals surface area contributed by atoms with Gasteiger partial charge in [-0.2, -0.15) is 0 Å². The lowest BCUT2D eigenvalue weighted by molar-refractivity contribution is -0.133. The number of carboxylic acid groups (broad SMARTS) is 1. The van der Waals surface area contributed by atoms with Gasteiger partial charge in [0, 0.05) is 49.6 Å². The molecule has 2 aliphatic heterocycles. The molecule has 0 aromatic heterocycles. The smallest absolute Gasteiger partial charge is 0.408 e. The second kappa shape index (κ2) is 9.40. The van der Waals surface area contributed by atoms with Crippen molar-refractivity contribution in [1.82, 2.24) is 14.7 Å². The van der Waals surface area contributed by atoms with Crippen LogP contribution in [-0.2, 0) is 11.2 Å². The second-order valence-electron chi connectivity index (χ2n) is 9.60. The second-order valence-corrected chi connectivity index (χ2v) is 9.93. The SMILES string of the molecule is CC(C)(C)N(C(=O)O)[C@@H](CC(=O)N1CC[C@H]2CN(C(=O)Cl)C[C@H]21)Cc1cc(F)c(F)cc1F. The molecule has 1 aromatic rings. The van der Waals surface area contributed by atoms with Gasteiger partial charge in [0.15, 0.2) is 11.6 Å². The van der Waals surface area contributed by atoms with E-state index in [1.54, 1.807) is 25.7 Å². The largest absolute Gasteiger partial charge is 0.465 e. The number of nitrogens with zero attached hydrogens (tertiary/aromatic N) is 3. The van der Waals surface area contributed by atoms with E-state index in [-0.39, 0.29) is 36.3 Å². The van der Waals surface area contributed by atoms with Crippen LogP contribution in [0.15, 0.2) is 12.1 Å². The lowest BCUT2D eigenvalue weighted by Crippen LogP contribution is -2.54. The van der Waals surface area contributed by atoms with E-state index in [1.807, 2.05) is 0 Å². The minimum absolute atomic E-state index is 0.0805. The molecule has 1 N–H and O–H groups in total. The van der Waals surface area contributed by atoms with Crippen molar-refractivity contribution in [3.8, 4) is 0 Å². The third kappa shape index (κ3) is 5.37. The van der Waals surface area contributed by atoms with E-state index in [1.165, 1.54) is 4.90 Å². The normalized spacial score (nSPS) is 21.2. The quantitative estimate of drug-likeness (QED) is 0.384. The van der Waals surface area contributed by atoms with Crippen molar-refractivity contribution in [1.29, 1.82) is 0 Å². The van der Waals surface area contributed by atoms with Crippen molar-refractivity contribution < 1.29 is 32.7 Å². The fourth-order valence-corrected chi connectivity index (χ4v) is 5.09. The molecule has 33 heavy (non-hydrogen) atoms. The van der Waals surface area contributed by atoms with Crippen LogP contribution < -0.4 is 0 Å². The Morgan fingerprint density at radius 1 is 1.15 bits per heavy atom. The van der Waals surface area contributed by atoms with E-state index in [0.29, 0.717) is 38.2 Å². The summed E-state index contributed by atoms with van der Waals surface area (Å²) in [5, 5.41) is 9.27. The molecular formula is C22H27ClF3N3O4. The Morgan fingerprint density at radius 3 is 2.36 bits per heavy atom. The Hall–Kier alpha value is -2.49. The van der Waals surface area contributed by atoms with Gasteiger partial charge >= 0.3 is 11.5 Å². The van der Waals surface area contributed by atoms with Crippen LogP contribution in [0.3, 0.4) is 0 Å². The van der Waals surface area contributed by atoms with Gasteiger partial charge in [0.2, 0.25) is 5.91 Å². The topological polar surface area (TPSA) is 81.2 Å². The molecule has 3 atom stereocenters. The van der Waals surface area contributed by atoms with Crippen LogP contribution in [0.4, 0.5) is 22.8 Å². The van der Waals surface area contributed by atoms with Gasteiger partial charge in [0.05, 0.1) is 6.04 Å². The summed E-state index contributed by atoms with van der Waals surface area (Å²) in [5.41, 5.74) is -1.17. The molecule has 0 saturated carbocycles. The Morgan fingerprint density at radius 2 is 1.79 bits per heavy atom. The highest BCUT2D eigenvalue weighted by Gasteiger charge is 2.45. The lowest BCUT2D eigenvalue weighted by atomic mass is 9.95. The highest BCUT2D eigenvalue weighted by Crippen LogP contribution is 2.33. The number of hydrogen-bond donors (Lipinski definition) is 1. The summed E-state index contributed by atoms with van der Waals surface area (Å²) in [6.45, 7) is 6.09. The van der Waals surface area contributed by atoms with Gasteiger partial charge in [-0.1, -0.05) is 0 Å². The Bertz CT molecular complexity index is 956. The van der Waals surface area contributed by atoms with Crippen LogP contribution in [0.5, 0.6) is 0 Å². The van der Waals surface area contributed by atoms with Crippen molar-refractivity contribution in [2.75, 3.05) is 19.6 Å². The molecule has 2 fully saturated rings. The van der Waals surface area contributed by atoms with E-state index in [0.717, 1.165) is 4.90 Å². The highest BCUT2D eigenvalue weighted by atomic mass is 35.5. The molecule has 11 heteroatoms. The number of benzene rings is 1. The van der Waals surface area contributed by atoms with E-state index < -0.39 is 40.5 Å². The van der Waals surface area contributed by atoms with Gasteiger partial charge in [-0.25, -0.2) is 18.0 Å². The van der Waals surface area contributed by atoms with Gasteiger partial charge < -0.3 is 14.9 Å². The number of hydrogen-bond acceptors (Lipinski definition) is 3. The van der Waals surface area contributed by atoms with Crippen LogP contribution in [0.1, 0.15) is 39.2 Å². The molecule has 3 rings (SSSR count). The molecule has 0 unspecified atom stereocenters. The summed E-state index contributed by atoms with van der Waals surface area (Å²) < 4.78 is 41.5. The van der Waals surface area contributed by atoms with Crippen molar-refractivity contribution in [2.24, 2.45) is 5.92 Å². The fourth-order valence-electron chi connectivity index (χ4n) is 4.95. The average molecular weight is 490 g/mol. The standard InChI is InChI=1S/C22H27ClF3N3O4/c1-22(2,3)29(21(32)33)14(6-13-7-16(25)17(26)9-15(13)24)8-19(30)28-5-4-12-10-27(20(23)31)11-18(12)28/h7,9,12,14,18H,4-6,8,10-11H2,1-3H3,(H,32,33)/t12-,14+,18+/m0/s1. The predicted octanol–water partition coefficient (Wildman–Crippen LogP) is 4.08. The Balaban J connectivity index is 1.87. The first-order valence-electron chi connectivity index (χ1n) is 10.7. The summed E-state index contributed by atoms with van der Waals surface area (Å²) in [6.07, 6.45) is -1.23. The maximum Gasteiger partial charge on any atom is 0.408 e. The van der Waals surface area contributed by atoms with E-state index in [4.69, 9.17) is 11.6 Å². The van der Waals surface area contributed by atoms with E-state index in [9.17, 15) is 32.7 Å². The van der Waals surface area contributed by atoms with Crippen molar-refractivity contribution in [3.05, 3.63) is 35.1 Å². The van der Waals surface area contributed by atoms with Crippen molar-refractivity contribution in [2.45, 2.75) is 57.7 Å². The first-order valence-corrected chi connectivity index (χ1v) is 11.1. The molecule has 0 aliphatic carbocycles. The number of likely N-dealkylation sites (tertiary alicyclic amines) is 2. The molecule has 3 amide bonds. The Labute approximate surface area is 195 Å². The zero-order valence-electron chi connectivity index (χ0n) is 18.7. The van der Waals surface area contributed by atoms with Crippen LogP contribution in [0.25, 0.3) is 0 Å². The van der Waals surface area contributed by atoms with Crippen LogP contribution >= 0.6 is 11.6 Å². The molecule has 2 heterocycles. The van der Waals surface area contributed by atoms with Gasteiger partial charge in [0.1, 0.15) is 5.82 Å². The van der Waals surface area contributed by atoms with Crippen LogP contribution in [0.2, 0.25) is 0 Å². The Kier molecular flexibility index (Phi) is 7.16. The maximum absolute atomic E-state index is 14.4. The predicted molar refractivity (Wildman–Crippen MR) is 114 cm³/mol. The summed E-state index contributed by atoms with van der Waals surface area (Å²) in [4.78, 5) is 41.0.